The minimum Gasteiger partial charge on any atom is -0.455 e. The first-order valence-electron chi connectivity index (χ1n) is 22.6. The van der Waals surface area contributed by atoms with Crippen LogP contribution in [-0.4, -0.2) is 0 Å². The van der Waals surface area contributed by atoms with Crippen LogP contribution in [0.1, 0.15) is 45.9 Å². The second-order valence-corrected chi connectivity index (χ2v) is 17.7. The fourth-order valence-electron chi connectivity index (χ4n) is 11.5. The number of fused-ring (bicyclic) bond motifs is 9. The molecule has 1 heterocycles. The molecule has 13 rings (SSSR count). The molecule has 2 aliphatic carbocycles. The van der Waals surface area contributed by atoms with E-state index in [1.165, 1.54) is 61.2 Å². The molecule has 1 atom stereocenters. The average Bonchev–Trinajstić information content (AvgIpc) is 4.00. The third kappa shape index (κ3) is 5.41. The van der Waals surface area contributed by atoms with Gasteiger partial charge in [-0.15, -0.1) is 0 Å². The lowest BCUT2D eigenvalue weighted by Gasteiger charge is -2.35. The maximum absolute atomic E-state index is 6.53. The predicted octanol–water partition coefficient (Wildman–Crippen LogP) is 16.4. The SMILES string of the molecule is CC1(c2ccccc2)c2ccccc2-c2ccc(N(c3ccc(-c4cccc5c4oc4ccccc45)cc3)c3ccc4c(c3)C(c3ccccc3)(c3ccccc3)c3ccccc3-4)cc21. The lowest BCUT2D eigenvalue weighted by molar-refractivity contribution is 0.670. The molecule has 2 aliphatic rings. The maximum Gasteiger partial charge on any atom is 0.143 e. The van der Waals surface area contributed by atoms with Gasteiger partial charge >= 0.3 is 0 Å². The van der Waals surface area contributed by atoms with E-state index >= 15 is 0 Å². The maximum atomic E-state index is 6.53. The first-order valence-corrected chi connectivity index (χ1v) is 22.6. The van der Waals surface area contributed by atoms with E-state index in [1.54, 1.807) is 0 Å². The van der Waals surface area contributed by atoms with Gasteiger partial charge < -0.3 is 9.32 Å². The molecule has 0 saturated carbocycles. The summed E-state index contributed by atoms with van der Waals surface area (Å²) in [5, 5.41) is 2.26. The van der Waals surface area contributed by atoms with Gasteiger partial charge in [-0.25, -0.2) is 0 Å². The number of nitrogens with zero attached hydrogens (tertiary/aromatic N) is 1. The van der Waals surface area contributed by atoms with Crippen molar-refractivity contribution >= 4 is 39.0 Å². The van der Waals surface area contributed by atoms with Gasteiger partial charge in [0.2, 0.25) is 0 Å². The molecular weight excluding hydrogens is 787 g/mol. The van der Waals surface area contributed by atoms with Crippen molar-refractivity contribution < 1.29 is 4.42 Å². The molecule has 0 bridgehead atoms. The largest absolute Gasteiger partial charge is 0.455 e. The third-order valence-electron chi connectivity index (χ3n) is 14.4. The Morgan fingerprint density at radius 2 is 0.815 bits per heavy atom. The van der Waals surface area contributed by atoms with Gasteiger partial charge in [0.25, 0.3) is 0 Å². The molecule has 1 aromatic heterocycles. The molecule has 1 unspecified atom stereocenters. The van der Waals surface area contributed by atoms with Crippen molar-refractivity contribution in [1.82, 2.24) is 0 Å². The molecule has 0 radical (unpaired) electrons. The van der Waals surface area contributed by atoms with E-state index in [-0.39, 0.29) is 5.41 Å². The minimum atomic E-state index is -0.531. The van der Waals surface area contributed by atoms with Gasteiger partial charge in [-0.3, -0.25) is 0 Å². The number of rotatable bonds is 7. The van der Waals surface area contributed by atoms with Gasteiger partial charge in [-0.1, -0.05) is 200 Å². The van der Waals surface area contributed by atoms with Gasteiger partial charge in [0.05, 0.1) is 5.41 Å². The van der Waals surface area contributed by atoms with Crippen molar-refractivity contribution in [1.29, 1.82) is 0 Å². The molecule has 2 heteroatoms. The van der Waals surface area contributed by atoms with Crippen LogP contribution in [0.15, 0.2) is 247 Å². The van der Waals surface area contributed by atoms with Gasteiger partial charge in [-0.05, 0) is 116 Å². The number of hydrogen-bond acceptors (Lipinski definition) is 2. The fraction of sp³-hybridized carbons (Fsp3) is 0.0476. The Bertz CT molecular complexity index is 3570. The molecule has 65 heavy (non-hydrogen) atoms. The standard InChI is InChI=1S/C63H43NO/c1-62(43-18-5-2-6-19-43)56-29-14-11-24-50(56)52-38-36-47(40-58(52)62)64(46-34-32-42(33-35-46)49-27-17-28-55-54-26-13-16-31-60(54)65-61(49)55)48-37-39-53-51-25-12-15-30-57(51)63(59(53)41-48,44-20-7-3-8-21-44)45-22-9-4-10-23-45/h2-41H,1H3. The van der Waals surface area contributed by atoms with Crippen LogP contribution >= 0.6 is 0 Å². The fourth-order valence-corrected chi connectivity index (χ4v) is 11.5. The van der Waals surface area contributed by atoms with Crippen molar-refractivity contribution in [3.63, 3.8) is 0 Å². The highest BCUT2D eigenvalue weighted by Gasteiger charge is 2.46. The van der Waals surface area contributed by atoms with Crippen LogP contribution in [0, 0.1) is 0 Å². The topological polar surface area (TPSA) is 16.4 Å². The number of para-hydroxylation sites is 2. The molecule has 0 fully saturated rings. The zero-order valence-electron chi connectivity index (χ0n) is 35.9. The Hall–Kier alpha value is -8.20. The normalized spacial score (nSPS) is 15.3. The Kier molecular flexibility index (Phi) is 8.29. The molecule has 0 spiro atoms. The summed E-state index contributed by atoms with van der Waals surface area (Å²) in [6.07, 6.45) is 0. The summed E-state index contributed by atoms with van der Waals surface area (Å²) in [5.41, 5.74) is 20.5. The molecular formula is C63H43NO. The Morgan fingerprint density at radius 1 is 0.338 bits per heavy atom. The highest BCUT2D eigenvalue weighted by molar-refractivity contribution is 6.09. The molecule has 306 valence electrons. The highest BCUT2D eigenvalue weighted by Crippen LogP contribution is 2.58. The second kappa shape index (κ2) is 14.4. The third-order valence-corrected chi connectivity index (χ3v) is 14.4. The van der Waals surface area contributed by atoms with Crippen molar-refractivity contribution in [3.05, 3.63) is 282 Å². The smallest absolute Gasteiger partial charge is 0.143 e. The molecule has 10 aromatic carbocycles. The Balaban J connectivity index is 1.04. The van der Waals surface area contributed by atoms with Crippen LogP contribution in [0.2, 0.25) is 0 Å². The van der Waals surface area contributed by atoms with Crippen molar-refractivity contribution in [2.75, 3.05) is 4.90 Å². The van der Waals surface area contributed by atoms with Gasteiger partial charge in [0.15, 0.2) is 0 Å². The molecule has 0 N–H and O–H groups in total. The number of furan rings is 1. The van der Waals surface area contributed by atoms with Gasteiger partial charge in [0.1, 0.15) is 11.2 Å². The van der Waals surface area contributed by atoms with Crippen LogP contribution in [0.5, 0.6) is 0 Å². The first kappa shape index (κ1) is 37.4. The molecule has 0 saturated heterocycles. The van der Waals surface area contributed by atoms with Crippen LogP contribution in [-0.2, 0) is 10.8 Å². The van der Waals surface area contributed by atoms with Crippen LogP contribution in [0.3, 0.4) is 0 Å². The zero-order chi connectivity index (χ0) is 43.1. The number of hydrogen-bond donors (Lipinski definition) is 0. The lowest BCUT2D eigenvalue weighted by Crippen LogP contribution is -2.28. The summed E-state index contributed by atoms with van der Waals surface area (Å²) in [7, 11) is 0. The van der Waals surface area contributed by atoms with E-state index in [2.05, 4.69) is 248 Å². The number of benzene rings is 10. The summed E-state index contributed by atoms with van der Waals surface area (Å²) in [6, 6.07) is 89.2. The molecule has 11 aromatic rings. The van der Waals surface area contributed by atoms with E-state index in [4.69, 9.17) is 4.42 Å². The average molecular weight is 830 g/mol. The summed E-state index contributed by atoms with van der Waals surface area (Å²) in [6.45, 7) is 2.40. The monoisotopic (exact) mass is 829 g/mol. The van der Waals surface area contributed by atoms with Crippen molar-refractivity contribution in [2.24, 2.45) is 0 Å². The summed E-state index contributed by atoms with van der Waals surface area (Å²) in [5.74, 6) is 0. The first-order chi connectivity index (χ1) is 32.1. The molecule has 0 aliphatic heterocycles. The van der Waals surface area contributed by atoms with Crippen LogP contribution in [0.25, 0.3) is 55.3 Å². The summed E-state index contributed by atoms with van der Waals surface area (Å²) in [4.78, 5) is 2.46. The zero-order valence-corrected chi connectivity index (χ0v) is 35.9. The Labute approximate surface area is 379 Å². The van der Waals surface area contributed by atoms with E-state index in [0.717, 1.165) is 50.1 Å². The molecule has 2 nitrogen and oxygen atoms in total. The Morgan fingerprint density at radius 3 is 1.49 bits per heavy atom. The quantitative estimate of drug-likeness (QED) is 0.159. The predicted molar refractivity (Wildman–Crippen MR) is 269 cm³/mol. The van der Waals surface area contributed by atoms with Crippen molar-refractivity contribution in [2.45, 2.75) is 17.8 Å². The highest BCUT2D eigenvalue weighted by atomic mass is 16.3. The minimum absolute atomic E-state index is 0.348. The molecule has 0 amide bonds. The second-order valence-electron chi connectivity index (χ2n) is 17.7. The van der Waals surface area contributed by atoms with E-state index in [9.17, 15) is 0 Å². The number of anilines is 3. The van der Waals surface area contributed by atoms with E-state index in [0.29, 0.717) is 0 Å². The van der Waals surface area contributed by atoms with Crippen LogP contribution < -0.4 is 4.90 Å². The van der Waals surface area contributed by atoms with Crippen LogP contribution in [0.4, 0.5) is 17.1 Å². The van der Waals surface area contributed by atoms with Crippen molar-refractivity contribution in [3.8, 4) is 33.4 Å². The van der Waals surface area contributed by atoms with E-state index in [1.807, 2.05) is 6.07 Å². The summed E-state index contributed by atoms with van der Waals surface area (Å²) >= 11 is 0. The van der Waals surface area contributed by atoms with Gasteiger partial charge in [-0.2, -0.15) is 0 Å². The van der Waals surface area contributed by atoms with Gasteiger partial charge in [0, 0.05) is 38.8 Å². The van der Waals surface area contributed by atoms with E-state index < -0.39 is 5.41 Å². The lowest BCUT2D eigenvalue weighted by atomic mass is 9.67. The summed E-state index contributed by atoms with van der Waals surface area (Å²) < 4.78 is 6.53.